The van der Waals surface area contributed by atoms with E-state index in [2.05, 4.69) is 15.9 Å². The van der Waals surface area contributed by atoms with Crippen LogP contribution in [-0.4, -0.2) is 6.29 Å². The van der Waals surface area contributed by atoms with Gasteiger partial charge in [-0.1, -0.05) is 34.1 Å². The lowest BCUT2D eigenvalue weighted by atomic mass is 10.1. The number of rotatable bonds is 2. The lowest BCUT2D eigenvalue weighted by Gasteiger charge is -1.98. The molecule has 0 aliphatic carbocycles. The molecule has 0 aliphatic rings. The molecule has 0 radical (unpaired) electrons. The highest BCUT2D eigenvalue weighted by Gasteiger charge is 1.93. The van der Waals surface area contributed by atoms with Crippen molar-refractivity contribution in [3.8, 4) is 0 Å². The van der Waals surface area contributed by atoms with Crippen LogP contribution in [0.1, 0.15) is 11.1 Å². The summed E-state index contributed by atoms with van der Waals surface area (Å²) in [6, 6.07) is 5.95. The molecule has 0 spiro atoms. The summed E-state index contributed by atoms with van der Waals surface area (Å²) >= 11 is 3.40. The predicted octanol–water partition coefficient (Wildman–Crippen LogP) is 2.97. The highest BCUT2D eigenvalue weighted by atomic mass is 79.9. The second-order valence-electron chi connectivity index (χ2n) is 2.50. The normalized spacial score (nSPS) is 10.5. The van der Waals surface area contributed by atoms with Crippen LogP contribution in [0, 0.1) is 6.92 Å². The Kier molecular flexibility index (Phi) is 3.23. The quantitative estimate of drug-likeness (QED) is 0.558. The van der Waals surface area contributed by atoms with E-state index in [1.165, 1.54) is 11.6 Å². The molecule has 0 atom stereocenters. The zero-order chi connectivity index (χ0) is 8.97. The van der Waals surface area contributed by atoms with Gasteiger partial charge in [-0.15, -0.1) is 0 Å². The monoisotopic (exact) mass is 224 g/mol. The number of aryl methyl sites for hydroxylation is 1. The minimum Gasteiger partial charge on any atom is -0.299 e. The Balaban J connectivity index is 2.96. The van der Waals surface area contributed by atoms with Crippen molar-refractivity contribution in [1.29, 1.82) is 0 Å². The SMILES string of the molecule is Cc1cc(C=CC=O)ccc1Br. The number of carbonyl (C=O) groups excluding carboxylic acids is 1. The van der Waals surface area contributed by atoms with Gasteiger partial charge in [0.05, 0.1) is 0 Å². The third-order valence-electron chi connectivity index (χ3n) is 1.55. The molecule has 0 unspecified atom stereocenters. The van der Waals surface area contributed by atoms with Crippen LogP contribution in [0.2, 0.25) is 0 Å². The first kappa shape index (κ1) is 9.20. The second kappa shape index (κ2) is 4.21. The molecule has 62 valence electrons. The summed E-state index contributed by atoms with van der Waals surface area (Å²) < 4.78 is 1.09. The molecular weight excluding hydrogens is 216 g/mol. The van der Waals surface area contributed by atoms with Crippen LogP contribution < -0.4 is 0 Å². The highest BCUT2D eigenvalue weighted by Crippen LogP contribution is 2.17. The van der Waals surface area contributed by atoms with Gasteiger partial charge >= 0.3 is 0 Å². The fourth-order valence-corrected chi connectivity index (χ4v) is 1.17. The van der Waals surface area contributed by atoms with Crippen molar-refractivity contribution in [2.45, 2.75) is 6.92 Å². The molecule has 0 saturated carbocycles. The molecule has 1 rings (SSSR count). The third-order valence-corrected chi connectivity index (χ3v) is 2.44. The molecule has 1 aromatic carbocycles. The van der Waals surface area contributed by atoms with Crippen LogP contribution in [0.4, 0.5) is 0 Å². The second-order valence-corrected chi connectivity index (χ2v) is 3.36. The average Bonchev–Trinajstić information content (AvgIpc) is 2.07. The van der Waals surface area contributed by atoms with Gasteiger partial charge in [0.25, 0.3) is 0 Å². The van der Waals surface area contributed by atoms with Crippen molar-refractivity contribution < 1.29 is 4.79 Å². The zero-order valence-electron chi connectivity index (χ0n) is 6.75. The number of hydrogen-bond acceptors (Lipinski definition) is 1. The summed E-state index contributed by atoms with van der Waals surface area (Å²) in [5.74, 6) is 0. The van der Waals surface area contributed by atoms with E-state index in [1.807, 2.05) is 25.1 Å². The lowest BCUT2D eigenvalue weighted by molar-refractivity contribution is -0.104. The van der Waals surface area contributed by atoms with Crippen LogP contribution in [0.15, 0.2) is 28.7 Å². The summed E-state index contributed by atoms with van der Waals surface area (Å²) in [6.45, 7) is 2.02. The molecule has 2 heteroatoms. The summed E-state index contributed by atoms with van der Waals surface area (Å²) in [5.41, 5.74) is 2.21. The molecule has 1 aromatic rings. The minimum absolute atomic E-state index is 0.775. The van der Waals surface area contributed by atoms with Crippen LogP contribution in [0.3, 0.4) is 0 Å². The lowest BCUT2D eigenvalue weighted by Crippen LogP contribution is -1.77. The maximum Gasteiger partial charge on any atom is 0.142 e. The van der Waals surface area contributed by atoms with Gasteiger partial charge in [-0.2, -0.15) is 0 Å². The van der Waals surface area contributed by atoms with Crippen molar-refractivity contribution in [3.63, 3.8) is 0 Å². The number of carbonyl (C=O) groups is 1. The van der Waals surface area contributed by atoms with Crippen molar-refractivity contribution in [2.24, 2.45) is 0 Å². The van der Waals surface area contributed by atoms with Gasteiger partial charge in [0.1, 0.15) is 6.29 Å². The van der Waals surface area contributed by atoms with Crippen LogP contribution in [-0.2, 0) is 4.79 Å². The van der Waals surface area contributed by atoms with E-state index < -0.39 is 0 Å². The Morgan fingerprint density at radius 2 is 2.17 bits per heavy atom. The zero-order valence-corrected chi connectivity index (χ0v) is 8.34. The summed E-state index contributed by atoms with van der Waals surface area (Å²) in [7, 11) is 0. The fourth-order valence-electron chi connectivity index (χ4n) is 0.922. The Morgan fingerprint density at radius 3 is 2.75 bits per heavy atom. The Bertz CT molecular complexity index is 316. The third kappa shape index (κ3) is 2.31. The van der Waals surface area contributed by atoms with Gasteiger partial charge in [-0.25, -0.2) is 0 Å². The largest absolute Gasteiger partial charge is 0.299 e. The van der Waals surface area contributed by atoms with Gasteiger partial charge in [-0.3, -0.25) is 4.79 Å². The van der Waals surface area contributed by atoms with Crippen molar-refractivity contribution in [3.05, 3.63) is 39.9 Å². The molecule has 0 amide bonds. The van der Waals surface area contributed by atoms with Gasteiger partial charge in [0.2, 0.25) is 0 Å². The number of hydrogen-bond donors (Lipinski definition) is 0. The smallest absolute Gasteiger partial charge is 0.142 e. The first-order chi connectivity index (χ1) is 5.74. The summed E-state index contributed by atoms with van der Waals surface area (Å²) in [6.07, 6.45) is 4.05. The number of allylic oxidation sites excluding steroid dienone is 1. The Hall–Kier alpha value is -0.890. The van der Waals surface area contributed by atoms with E-state index in [1.54, 1.807) is 6.08 Å². The maximum atomic E-state index is 10.0. The standard InChI is InChI=1S/C10H9BrO/c1-8-7-9(3-2-6-12)4-5-10(8)11/h2-7H,1H3. The molecule has 12 heavy (non-hydrogen) atoms. The predicted molar refractivity (Wildman–Crippen MR) is 54.0 cm³/mol. The molecule has 0 N–H and O–H groups in total. The first-order valence-corrected chi connectivity index (χ1v) is 4.41. The Labute approximate surface area is 80.2 Å². The van der Waals surface area contributed by atoms with Gasteiger partial charge in [-0.05, 0) is 30.2 Å². The molecular formula is C10H9BrO. The van der Waals surface area contributed by atoms with E-state index in [0.29, 0.717) is 0 Å². The van der Waals surface area contributed by atoms with E-state index in [0.717, 1.165) is 16.3 Å². The van der Waals surface area contributed by atoms with Crippen LogP contribution >= 0.6 is 15.9 Å². The molecule has 1 nitrogen and oxygen atoms in total. The number of aldehydes is 1. The molecule has 0 bridgehead atoms. The van der Waals surface area contributed by atoms with Gasteiger partial charge in [0, 0.05) is 4.47 Å². The topological polar surface area (TPSA) is 17.1 Å². The average molecular weight is 225 g/mol. The van der Waals surface area contributed by atoms with Crippen molar-refractivity contribution in [2.75, 3.05) is 0 Å². The molecule has 0 aliphatic heterocycles. The summed E-state index contributed by atoms with van der Waals surface area (Å²) in [5, 5.41) is 0. The van der Waals surface area contributed by atoms with E-state index in [9.17, 15) is 4.79 Å². The van der Waals surface area contributed by atoms with Crippen molar-refractivity contribution >= 4 is 28.3 Å². The van der Waals surface area contributed by atoms with E-state index in [-0.39, 0.29) is 0 Å². The van der Waals surface area contributed by atoms with Crippen molar-refractivity contribution in [1.82, 2.24) is 0 Å². The number of benzene rings is 1. The molecule has 0 heterocycles. The van der Waals surface area contributed by atoms with Crippen LogP contribution in [0.25, 0.3) is 6.08 Å². The minimum atomic E-state index is 0.775. The molecule has 0 saturated heterocycles. The molecule has 0 aromatic heterocycles. The van der Waals surface area contributed by atoms with E-state index in [4.69, 9.17) is 0 Å². The number of halogens is 1. The van der Waals surface area contributed by atoms with E-state index >= 15 is 0 Å². The fraction of sp³-hybridized carbons (Fsp3) is 0.100. The van der Waals surface area contributed by atoms with Gasteiger partial charge < -0.3 is 0 Å². The molecule has 0 fully saturated rings. The Morgan fingerprint density at radius 1 is 1.42 bits per heavy atom. The highest BCUT2D eigenvalue weighted by molar-refractivity contribution is 9.10. The van der Waals surface area contributed by atoms with Crippen LogP contribution in [0.5, 0.6) is 0 Å². The first-order valence-electron chi connectivity index (χ1n) is 3.62. The van der Waals surface area contributed by atoms with Gasteiger partial charge in [0.15, 0.2) is 0 Å². The maximum absolute atomic E-state index is 10.0. The summed E-state index contributed by atoms with van der Waals surface area (Å²) in [4.78, 5) is 10.0.